The fourth-order valence-electron chi connectivity index (χ4n) is 2.56. The summed E-state index contributed by atoms with van der Waals surface area (Å²) < 4.78 is 103. The number of H-pyrrole nitrogens is 1. The van der Waals surface area contributed by atoms with Crippen LogP contribution in [0.2, 0.25) is 0 Å². The SMILES string of the molecule is Fc1c(F)c(F)c(C(Cl)(Cl)c2ccc3nc(CC(F)(F)F)[nH]c3c2)c(F)c1F. The summed E-state index contributed by atoms with van der Waals surface area (Å²) in [6.07, 6.45) is -5.92. The number of nitrogens with zero attached hydrogens (tertiary/aromatic N) is 1. The topological polar surface area (TPSA) is 28.7 Å². The molecule has 1 heterocycles. The van der Waals surface area contributed by atoms with Crippen molar-refractivity contribution in [2.75, 3.05) is 0 Å². The molecule has 0 atom stereocenters. The summed E-state index contributed by atoms with van der Waals surface area (Å²) in [5.41, 5.74) is -1.86. The number of imidazole rings is 1. The molecular formula is C16H6Cl2F8N2. The van der Waals surface area contributed by atoms with Gasteiger partial charge in [0.25, 0.3) is 0 Å². The van der Waals surface area contributed by atoms with Crippen LogP contribution in [0, 0.1) is 29.1 Å². The Balaban J connectivity index is 2.14. The smallest absolute Gasteiger partial charge is 0.342 e. The second-order valence-electron chi connectivity index (χ2n) is 5.73. The molecule has 0 aliphatic carbocycles. The summed E-state index contributed by atoms with van der Waals surface area (Å²) >= 11 is 11.8. The maximum absolute atomic E-state index is 14.1. The van der Waals surface area contributed by atoms with Crippen LogP contribution >= 0.6 is 23.2 Å². The summed E-state index contributed by atoms with van der Waals surface area (Å²) in [4.78, 5) is 6.02. The molecule has 2 nitrogen and oxygen atoms in total. The van der Waals surface area contributed by atoms with E-state index in [9.17, 15) is 35.1 Å². The second-order valence-corrected chi connectivity index (χ2v) is 7.05. The highest BCUT2D eigenvalue weighted by molar-refractivity contribution is 6.50. The van der Waals surface area contributed by atoms with Crippen molar-refractivity contribution in [3.63, 3.8) is 0 Å². The van der Waals surface area contributed by atoms with Crippen LogP contribution in [0.1, 0.15) is 17.0 Å². The first-order chi connectivity index (χ1) is 12.8. The van der Waals surface area contributed by atoms with Crippen LogP contribution in [0.5, 0.6) is 0 Å². The number of fused-ring (bicyclic) bond motifs is 1. The molecule has 0 saturated carbocycles. The maximum Gasteiger partial charge on any atom is 0.396 e. The van der Waals surface area contributed by atoms with E-state index in [0.29, 0.717) is 0 Å². The van der Waals surface area contributed by atoms with Crippen molar-refractivity contribution in [2.24, 2.45) is 0 Å². The van der Waals surface area contributed by atoms with E-state index in [1.165, 1.54) is 0 Å². The number of aromatic amines is 1. The average molecular weight is 449 g/mol. The highest BCUT2D eigenvalue weighted by Gasteiger charge is 2.40. The molecule has 1 N–H and O–H groups in total. The van der Waals surface area contributed by atoms with E-state index in [-0.39, 0.29) is 16.6 Å². The number of benzene rings is 2. The Morgan fingerprint density at radius 2 is 1.39 bits per heavy atom. The quantitative estimate of drug-likeness (QED) is 0.225. The molecule has 28 heavy (non-hydrogen) atoms. The van der Waals surface area contributed by atoms with Gasteiger partial charge < -0.3 is 4.98 Å². The molecule has 0 amide bonds. The highest BCUT2D eigenvalue weighted by atomic mass is 35.5. The number of nitrogens with one attached hydrogen (secondary N) is 1. The van der Waals surface area contributed by atoms with Crippen LogP contribution < -0.4 is 0 Å². The van der Waals surface area contributed by atoms with Crippen LogP contribution in [-0.2, 0) is 10.8 Å². The van der Waals surface area contributed by atoms with Gasteiger partial charge in [-0.2, -0.15) is 13.2 Å². The fourth-order valence-corrected chi connectivity index (χ4v) is 3.12. The summed E-state index contributed by atoms with van der Waals surface area (Å²) in [5, 5.41) is 0. The van der Waals surface area contributed by atoms with Crippen molar-refractivity contribution < 1.29 is 35.1 Å². The Morgan fingerprint density at radius 1 is 0.857 bits per heavy atom. The van der Waals surface area contributed by atoms with Crippen molar-refractivity contribution in [1.29, 1.82) is 0 Å². The molecule has 3 aromatic rings. The predicted octanol–water partition coefficient (Wildman–Crippen LogP) is 6.04. The zero-order valence-electron chi connectivity index (χ0n) is 13.2. The molecule has 0 unspecified atom stereocenters. The minimum Gasteiger partial charge on any atom is -0.342 e. The van der Waals surface area contributed by atoms with E-state index in [4.69, 9.17) is 23.2 Å². The van der Waals surface area contributed by atoms with Crippen molar-refractivity contribution in [2.45, 2.75) is 16.9 Å². The van der Waals surface area contributed by atoms with Gasteiger partial charge in [-0.25, -0.2) is 26.9 Å². The van der Waals surface area contributed by atoms with Crippen LogP contribution in [0.3, 0.4) is 0 Å². The lowest BCUT2D eigenvalue weighted by Crippen LogP contribution is -2.20. The first-order valence-corrected chi connectivity index (χ1v) is 8.04. The molecule has 0 aliphatic heterocycles. The Kier molecular flexibility index (Phi) is 4.99. The van der Waals surface area contributed by atoms with Gasteiger partial charge in [-0.15, -0.1) is 0 Å². The van der Waals surface area contributed by atoms with Crippen LogP contribution in [0.15, 0.2) is 18.2 Å². The highest BCUT2D eigenvalue weighted by Crippen LogP contribution is 2.45. The first-order valence-electron chi connectivity index (χ1n) is 7.28. The van der Waals surface area contributed by atoms with E-state index in [2.05, 4.69) is 9.97 Å². The van der Waals surface area contributed by atoms with Gasteiger partial charge in [0.1, 0.15) is 12.2 Å². The minimum atomic E-state index is -4.55. The molecule has 2 aromatic carbocycles. The van der Waals surface area contributed by atoms with Gasteiger partial charge in [0, 0.05) is 0 Å². The van der Waals surface area contributed by atoms with Crippen LogP contribution in [0.4, 0.5) is 35.1 Å². The molecule has 12 heteroatoms. The number of aromatic nitrogens is 2. The van der Waals surface area contributed by atoms with Gasteiger partial charge in [-0.3, -0.25) is 0 Å². The lowest BCUT2D eigenvalue weighted by molar-refractivity contribution is -0.128. The van der Waals surface area contributed by atoms with E-state index in [0.717, 1.165) is 18.2 Å². The molecule has 1 aromatic heterocycles. The van der Waals surface area contributed by atoms with E-state index >= 15 is 0 Å². The molecule has 150 valence electrons. The fraction of sp³-hybridized carbons (Fsp3) is 0.188. The zero-order valence-corrected chi connectivity index (χ0v) is 14.7. The summed E-state index contributed by atoms with van der Waals surface area (Å²) in [6.45, 7) is 0. The number of halogens is 10. The van der Waals surface area contributed by atoms with Gasteiger partial charge >= 0.3 is 6.18 Å². The molecule has 0 radical (unpaired) electrons. The normalized spacial score (nSPS) is 12.8. The molecule has 0 spiro atoms. The average Bonchev–Trinajstić information content (AvgIpc) is 2.97. The lowest BCUT2D eigenvalue weighted by Gasteiger charge is -2.22. The second kappa shape index (κ2) is 6.77. The Hall–Kier alpha value is -2.07. The van der Waals surface area contributed by atoms with Crippen LogP contribution in [-0.4, -0.2) is 16.1 Å². The largest absolute Gasteiger partial charge is 0.396 e. The van der Waals surface area contributed by atoms with E-state index in [1.54, 1.807) is 0 Å². The van der Waals surface area contributed by atoms with Crippen molar-refractivity contribution in [3.8, 4) is 0 Å². The molecular weight excluding hydrogens is 443 g/mol. The van der Waals surface area contributed by atoms with Gasteiger partial charge in [0.2, 0.25) is 5.82 Å². The monoisotopic (exact) mass is 448 g/mol. The van der Waals surface area contributed by atoms with Crippen LogP contribution in [0.25, 0.3) is 11.0 Å². The molecule has 0 saturated heterocycles. The van der Waals surface area contributed by atoms with E-state index < -0.39 is 57.4 Å². The number of rotatable bonds is 3. The Morgan fingerprint density at radius 3 is 1.93 bits per heavy atom. The Labute approximate surface area is 161 Å². The predicted molar refractivity (Wildman–Crippen MR) is 84.6 cm³/mol. The van der Waals surface area contributed by atoms with Gasteiger partial charge in [-0.1, -0.05) is 29.3 Å². The summed E-state index contributed by atoms with van der Waals surface area (Å²) in [5.74, 6) is -11.8. The molecule has 0 bridgehead atoms. The third kappa shape index (κ3) is 3.50. The number of hydrogen-bond donors (Lipinski definition) is 1. The number of hydrogen-bond acceptors (Lipinski definition) is 1. The van der Waals surface area contributed by atoms with Crippen molar-refractivity contribution in [3.05, 3.63) is 64.2 Å². The summed E-state index contributed by atoms with van der Waals surface area (Å²) in [6, 6.07) is 3.17. The standard InChI is InChI=1S/C16H6Cl2F8N2/c17-16(18,9-10(19)12(21)14(23)13(22)11(9)20)5-1-2-6-7(3-5)28-8(27-6)4-15(24,25)26/h1-3H,4H2,(H,27,28). The lowest BCUT2D eigenvalue weighted by atomic mass is 10.0. The molecule has 3 rings (SSSR count). The first kappa shape index (κ1) is 20.7. The third-order valence-electron chi connectivity index (χ3n) is 3.79. The molecule has 0 aliphatic rings. The van der Waals surface area contributed by atoms with Crippen molar-refractivity contribution >= 4 is 34.2 Å². The van der Waals surface area contributed by atoms with E-state index in [1.807, 2.05) is 0 Å². The Bertz CT molecular complexity index is 1050. The third-order valence-corrected chi connectivity index (χ3v) is 4.60. The minimum absolute atomic E-state index is 0.0358. The zero-order chi connectivity index (χ0) is 21.0. The van der Waals surface area contributed by atoms with Gasteiger partial charge in [-0.05, 0) is 17.7 Å². The number of alkyl halides is 5. The van der Waals surface area contributed by atoms with Gasteiger partial charge in [0.05, 0.1) is 16.6 Å². The molecule has 0 fully saturated rings. The summed E-state index contributed by atoms with van der Waals surface area (Å²) in [7, 11) is 0. The van der Waals surface area contributed by atoms with Crippen molar-refractivity contribution in [1.82, 2.24) is 9.97 Å². The van der Waals surface area contributed by atoms with Gasteiger partial charge in [0.15, 0.2) is 27.6 Å². The maximum atomic E-state index is 14.1.